The zero-order valence-corrected chi connectivity index (χ0v) is 12.6. The van der Waals surface area contributed by atoms with Gasteiger partial charge in [0.1, 0.15) is 5.60 Å². The highest BCUT2D eigenvalue weighted by Crippen LogP contribution is 2.45. The summed E-state index contributed by atoms with van der Waals surface area (Å²) < 4.78 is 5.38. The highest BCUT2D eigenvalue weighted by atomic mass is 16.6. The molecular formula is C17H24O3. The smallest absolute Gasteiger partial charge is 0.306 e. The molecule has 2 rings (SSSR count). The maximum Gasteiger partial charge on any atom is 0.306 e. The van der Waals surface area contributed by atoms with Crippen LogP contribution in [0.15, 0.2) is 30.3 Å². The van der Waals surface area contributed by atoms with E-state index in [1.807, 2.05) is 51.1 Å². The molecule has 3 heteroatoms. The summed E-state index contributed by atoms with van der Waals surface area (Å²) in [6, 6.07) is 9.66. The van der Waals surface area contributed by atoms with Crippen LogP contribution in [-0.2, 0) is 15.1 Å². The number of esters is 1. The molecular weight excluding hydrogens is 252 g/mol. The van der Waals surface area contributed by atoms with E-state index in [1.54, 1.807) is 0 Å². The number of carbonyl (C=O) groups is 1. The Hall–Kier alpha value is -1.35. The predicted molar refractivity (Wildman–Crippen MR) is 78.1 cm³/mol. The van der Waals surface area contributed by atoms with Gasteiger partial charge in [-0.2, -0.15) is 0 Å². The lowest BCUT2D eigenvalue weighted by atomic mass is 9.82. The third-order valence-corrected chi connectivity index (χ3v) is 3.89. The lowest BCUT2D eigenvalue weighted by Gasteiger charge is -2.31. The van der Waals surface area contributed by atoms with Crippen LogP contribution < -0.4 is 0 Å². The fourth-order valence-corrected chi connectivity index (χ4v) is 3.02. The number of rotatable bonds is 3. The van der Waals surface area contributed by atoms with Gasteiger partial charge >= 0.3 is 5.97 Å². The fourth-order valence-electron chi connectivity index (χ4n) is 3.02. The Morgan fingerprint density at radius 3 is 2.60 bits per heavy atom. The Balaban J connectivity index is 2.10. The summed E-state index contributed by atoms with van der Waals surface area (Å²) in [5, 5.41) is 11.0. The first-order valence-corrected chi connectivity index (χ1v) is 7.31. The molecule has 1 aromatic carbocycles. The molecule has 1 N–H and O–H groups in total. The molecule has 0 spiro atoms. The number of carbonyl (C=O) groups excluding carboxylic acids is 1. The summed E-state index contributed by atoms with van der Waals surface area (Å²) in [4.78, 5) is 12.0. The highest BCUT2D eigenvalue weighted by Gasteiger charge is 2.43. The van der Waals surface area contributed by atoms with Gasteiger partial charge in [0, 0.05) is 5.92 Å². The quantitative estimate of drug-likeness (QED) is 0.861. The van der Waals surface area contributed by atoms with E-state index in [9.17, 15) is 9.90 Å². The molecule has 1 aliphatic carbocycles. The second-order valence-electron chi connectivity index (χ2n) is 6.67. The van der Waals surface area contributed by atoms with Crippen LogP contribution in [0, 0.1) is 5.92 Å². The molecule has 0 unspecified atom stereocenters. The van der Waals surface area contributed by atoms with Gasteiger partial charge in [-0.05, 0) is 45.6 Å². The molecule has 0 aromatic heterocycles. The number of benzene rings is 1. The average molecular weight is 276 g/mol. The molecule has 0 aliphatic heterocycles. The zero-order valence-electron chi connectivity index (χ0n) is 12.6. The highest BCUT2D eigenvalue weighted by molar-refractivity contribution is 5.70. The standard InChI is InChI=1S/C17H24O3/c1-16(2,3)20-15(18)12-14-10-7-11-17(14,19)13-8-5-4-6-9-13/h4-6,8-9,14,19H,7,10-12H2,1-3H3/t14-,17+/m1/s1. The zero-order chi connectivity index (χ0) is 14.8. The molecule has 1 aromatic rings. The van der Waals surface area contributed by atoms with Crippen LogP contribution in [0.4, 0.5) is 0 Å². The van der Waals surface area contributed by atoms with Crippen molar-refractivity contribution in [3.8, 4) is 0 Å². The second kappa shape index (κ2) is 5.57. The van der Waals surface area contributed by atoms with Crippen LogP contribution in [-0.4, -0.2) is 16.7 Å². The molecule has 0 saturated heterocycles. The van der Waals surface area contributed by atoms with Gasteiger partial charge in [-0.3, -0.25) is 4.79 Å². The largest absolute Gasteiger partial charge is 0.460 e. The lowest BCUT2D eigenvalue weighted by Crippen LogP contribution is -2.33. The maximum atomic E-state index is 12.0. The van der Waals surface area contributed by atoms with E-state index in [1.165, 1.54) is 0 Å². The first-order valence-electron chi connectivity index (χ1n) is 7.31. The van der Waals surface area contributed by atoms with Crippen molar-refractivity contribution >= 4 is 5.97 Å². The van der Waals surface area contributed by atoms with E-state index in [4.69, 9.17) is 4.74 Å². The summed E-state index contributed by atoms with van der Waals surface area (Å²) in [6.07, 6.45) is 2.80. The van der Waals surface area contributed by atoms with Gasteiger partial charge in [0.05, 0.1) is 12.0 Å². The van der Waals surface area contributed by atoms with Crippen molar-refractivity contribution in [2.24, 2.45) is 5.92 Å². The van der Waals surface area contributed by atoms with E-state index < -0.39 is 11.2 Å². The Kier molecular flexibility index (Phi) is 4.19. The van der Waals surface area contributed by atoms with Crippen LogP contribution >= 0.6 is 0 Å². The minimum atomic E-state index is -0.891. The topological polar surface area (TPSA) is 46.5 Å². The predicted octanol–water partition coefficient (Wildman–Crippen LogP) is 3.41. The molecule has 1 saturated carbocycles. The Morgan fingerprint density at radius 2 is 2.00 bits per heavy atom. The van der Waals surface area contributed by atoms with Gasteiger partial charge in [0.2, 0.25) is 0 Å². The minimum absolute atomic E-state index is 0.0558. The van der Waals surface area contributed by atoms with E-state index >= 15 is 0 Å². The monoisotopic (exact) mass is 276 g/mol. The SMILES string of the molecule is CC(C)(C)OC(=O)C[C@H]1CCC[C@]1(O)c1ccccc1. The van der Waals surface area contributed by atoms with Crippen LogP contribution in [0.3, 0.4) is 0 Å². The summed E-state index contributed by atoms with van der Waals surface area (Å²) >= 11 is 0. The fraction of sp³-hybridized carbons (Fsp3) is 0.588. The Morgan fingerprint density at radius 1 is 1.35 bits per heavy atom. The molecule has 1 aliphatic rings. The van der Waals surface area contributed by atoms with Crippen LogP contribution in [0.5, 0.6) is 0 Å². The Labute approximate surface area is 121 Å². The molecule has 0 amide bonds. The van der Waals surface area contributed by atoms with Crippen LogP contribution in [0.25, 0.3) is 0 Å². The molecule has 0 radical (unpaired) electrons. The van der Waals surface area contributed by atoms with Crippen molar-refractivity contribution in [1.82, 2.24) is 0 Å². The maximum absolute atomic E-state index is 12.0. The van der Waals surface area contributed by atoms with Gasteiger partial charge in [-0.1, -0.05) is 30.3 Å². The third-order valence-electron chi connectivity index (χ3n) is 3.89. The number of hydrogen-bond acceptors (Lipinski definition) is 3. The van der Waals surface area contributed by atoms with Crippen molar-refractivity contribution in [3.05, 3.63) is 35.9 Å². The average Bonchev–Trinajstić information content (AvgIpc) is 2.71. The Bertz CT molecular complexity index is 461. The summed E-state index contributed by atoms with van der Waals surface area (Å²) in [5.41, 5.74) is -0.454. The van der Waals surface area contributed by atoms with E-state index in [-0.39, 0.29) is 18.3 Å². The summed E-state index contributed by atoms with van der Waals surface area (Å²) in [5.74, 6) is -0.279. The summed E-state index contributed by atoms with van der Waals surface area (Å²) in [6.45, 7) is 5.59. The molecule has 0 heterocycles. The van der Waals surface area contributed by atoms with Gasteiger partial charge in [-0.25, -0.2) is 0 Å². The summed E-state index contributed by atoms with van der Waals surface area (Å²) in [7, 11) is 0. The second-order valence-corrected chi connectivity index (χ2v) is 6.67. The number of hydrogen-bond donors (Lipinski definition) is 1. The van der Waals surface area contributed by atoms with Gasteiger partial charge in [0.25, 0.3) is 0 Å². The van der Waals surface area contributed by atoms with Crippen LogP contribution in [0.2, 0.25) is 0 Å². The molecule has 110 valence electrons. The lowest BCUT2D eigenvalue weighted by molar-refractivity contribution is -0.158. The van der Waals surface area contributed by atoms with Crippen molar-refractivity contribution in [2.45, 2.75) is 57.7 Å². The third kappa shape index (κ3) is 3.40. The minimum Gasteiger partial charge on any atom is -0.460 e. The van der Waals surface area contributed by atoms with Crippen molar-refractivity contribution in [3.63, 3.8) is 0 Å². The number of aliphatic hydroxyl groups is 1. The van der Waals surface area contributed by atoms with Crippen molar-refractivity contribution < 1.29 is 14.6 Å². The van der Waals surface area contributed by atoms with E-state index in [2.05, 4.69) is 0 Å². The molecule has 3 nitrogen and oxygen atoms in total. The first-order chi connectivity index (χ1) is 9.31. The number of ether oxygens (including phenoxy) is 1. The first kappa shape index (κ1) is 15.0. The van der Waals surface area contributed by atoms with Crippen LogP contribution in [0.1, 0.15) is 52.0 Å². The van der Waals surface area contributed by atoms with Crippen molar-refractivity contribution in [1.29, 1.82) is 0 Å². The van der Waals surface area contributed by atoms with Gasteiger partial charge in [-0.15, -0.1) is 0 Å². The molecule has 1 fully saturated rings. The molecule has 2 atom stereocenters. The van der Waals surface area contributed by atoms with Crippen molar-refractivity contribution in [2.75, 3.05) is 0 Å². The van der Waals surface area contributed by atoms with Gasteiger partial charge in [0.15, 0.2) is 0 Å². The molecule has 20 heavy (non-hydrogen) atoms. The van der Waals surface area contributed by atoms with Gasteiger partial charge < -0.3 is 9.84 Å². The molecule has 0 bridgehead atoms. The van der Waals surface area contributed by atoms with E-state index in [0.29, 0.717) is 6.42 Å². The normalized spacial score (nSPS) is 26.5. The van der Waals surface area contributed by atoms with E-state index in [0.717, 1.165) is 18.4 Å².